The van der Waals surface area contributed by atoms with Crippen LogP contribution in [0.15, 0.2) is 18.2 Å². The van der Waals surface area contributed by atoms with Crippen LogP contribution >= 0.6 is 0 Å². The third-order valence-electron chi connectivity index (χ3n) is 3.74. The third-order valence-corrected chi connectivity index (χ3v) is 3.74. The van der Waals surface area contributed by atoms with Crippen molar-refractivity contribution in [3.63, 3.8) is 0 Å². The molecule has 1 aromatic rings. The number of hydrogen-bond acceptors (Lipinski definition) is 2. The molecule has 0 aliphatic carbocycles. The first-order valence-corrected chi connectivity index (χ1v) is 6.88. The smallest absolute Gasteiger partial charge is 0.159 e. The summed E-state index contributed by atoms with van der Waals surface area (Å²) in [5.41, 5.74) is 0.160. The first-order chi connectivity index (χ1) is 9.05. The van der Waals surface area contributed by atoms with Crippen molar-refractivity contribution in [1.29, 1.82) is 0 Å². The average Bonchev–Trinajstić information content (AvgIpc) is 2.39. The minimum Gasteiger partial charge on any atom is -0.370 e. The van der Waals surface area contributed by atoms with Gasteiger partial charge in [0.25, 0.3) is 0 Å². The fraction of sp³-hybridized carbons (Fsp3) is 0.600. The van der Waals surface area contributed by atoms with Crippen LogP contribution in [0, 0.1) is 11.6 Å². The molecule has 1 aliphatic rings. The summed E-state index contributed by atoms with van der Waals surface area (Å²) in [5, 5.41) is 3.47. The Morgan fingerprint density at radius 2 is 2.16 bits per heavy atom. The molecule has 106 valence electrons. The SMILES string of the molecule is CCCNC1CCOC(C)(c2ccc(F)c(F)c2)C1. The number of halogens is 2. The van der Waals surface area contributed by atoms with Crippen molar-refractivity contribution < 1.29 is 13.5 Å². The summed E-state index contributed by atoms with van der Waals surface area (Å²) in [6.07, 6.45) is 2.82. The van der Waals surface area contributed by atoms with Crippen LogP contribution in [0.25, 0.3) is 0 Å². The van der Waals surface area contributed by atoms with Gasteiger partial charge in [0, 0.05) is 12.6 Å². The number of ether oxygens (including phenoxy) is 1. The van der Waals surface area contributed by atoms with E-state index in [0.717, 1.165) is 25.8 Å². The van der Waals surface area contributed by atoms with Crippen LogP contribution in [-0.4, -0.2) is 19.2 Å². The number of hydrogen-bond donors (Lipinski definition) is 1. The van der Waals surface area contributed by atoms with Gasteiger partial charge in [-0.05, 0) is 50.4 Å². The van der Waals surface area contributed by atoms with Gasteiger partial charge in [0.05, 0.1) is 5.60 Å². The molecule has 0 bridgehead atoms. The van der Waals surface area contributed by atoms with Crippen LogP contribution in [-0.2, 0) is 10.3 Å². The molecule has 2 unspecified atom stereocenters. The molecule has 1 aromatic carbocycles. The van der Waals surface area contributed by atoms with Crippen molar-refractivity contribution in [2.45, 2.75) is 44.8 Å². The first kappa shape index (κ1) is 14.4. The van der Waals surface area contributed by atoms with Gasteiger partial charge in [-0.2, -0.15) is 0 Å². The molecular formula is C15H21F2NO. The Morgan fingerprint density at radius 3 is 2.84 bits per heavy atom. The molecule has 1 heterocycles. The van der Waals surface area contributed by atoms with Crippen LogP contribution in [0.3, 0.4) is 0 Å². The number of rotatable bonds is 4. The molecule has 0 spiro atoms. The van der Waals surface area contributed by atoms with Gasteiger partial charge in [-0.25, -0.2) is 8.78 Å². The van der Waals surface area contributed by atoms with Gasteiger partial charge in [-0.3, -0.25) is 0 Å². The molecule has 0 amide bonds. The molecule has 2 rings (SSSR count). The highest BCUT2D eigenvalue weighted by molar-refractivity contribution is 5.24. The third kappa shape index (κ3) is 3.31. The predicted octanol–water partition coefficient (Wildman–Crippen LogP) is 3.36. The van der Waals surface area contributed by atoms with E-state index in [9.17, 15) is 8.78 Å². The van der Waals surface area contributed by atoms with Crippen LogP contribution in [0.2, 0.25) is 0 Å². The van der Waals surface area contributed by atoms with Crippen molar-refractivity contribution in [3.05, 3.63) is 35.4 Å². The van der Waals surface area contributed by atoms with Gasteiger partial charge in [-0.15, -0.1) is 0 Å². The van der Waals surface area contributed by atoms with Crippen molar-refractivity contribution >= 4 is 0 Å². The molecule has 4 heteroatoms. The molecule has 1 saturated heterocycles. The lowest BCUT2D eigenvalue weighted by atomic mass is 9.85. The molecule has 1 aliphatic heterocycles. The second kappa shape index (κ2) is 5.97. The lowest BCUT2D eigenvalue weighted by Gasteiger charge is -2.39. The fourth-order valence-corrected chi connectivity index (χ4v) is 2.61. The highest BCUT2D eigenvalue weighted by atomic mass is 19.2. The van der Waals surface area contributed by atoms with E-state index in [1.54, 1.807) is 6.07 Å². The highest BCUT2D eigenvalue weighted by Gasteiger charge is 2.35. The topological polar surface area (TPSA) is 21.3 Å². The number of nitrogens with one attached hydrogen (secondary N) is 1. The van der Waals surface area contributed by atoms with Gasteiger partial charge >= 0.3 is 0 Å². The lowest BCUT2D eigenvalue weighted by molar-refractivity contribution is -0.0814. The summed E-state index contributed by atoms with van der Waals surface area (Å²) < 4.78 is 32.2. The molecule has 1 fully saturated rings. The Morgan fingerprint density at radius 1 is 1.37 bits per heavy atom. The van der Waals surface area contributed by atoms with E-state index in [4.69, 9.17) is 4.74 Å². The summed E-state index contributed by atoms with van der Waals surface area (Å²) in [6.45, 7) is 5.68. The molecule has 0 aromatic heterocycles. The van der Waals surface area contributed by atoms with E-state index in [2.05, 4.69) is 12.2 Å². The number of benzene rings is 1. The van der Waals surface area contributed by atoms with Crippen molar-refractivity contribution in [3.8, 4) is 0 Å². The van der Waals surface area contributed by atoms with E-state index in [1.165, 1.54) is 12.1 Å². The van der Waals surface area contributed by atoms with Crippen LogP contribution < -0.4 is 5.32 Å². The Balaban J connectivity index is 2.14. The van der Waals surface area contributed by atoms with Gasteiger partial charge < -0.3 is 10.1 Å². The first-order valence-electron chi connectivity index (χ1n) is 6.88. The van der Waals surface area contributed by atoms with E-state index < -0.39 is 17.2 Å². The van der Waals surface area contributed by atoms with E-state index in [-0.39, 0.29) is 0 Å². The van der Waals surface area contributed by atoms with Crippen LogP contribution in [0.1, 0.15) is 38.7 Å². The maximum absolute atomic E-state index is 13.4. The largest absolute Gasteiger partial charge is 0.370 e. The van der Waals surface area contributed by atoms with Crippen LogP contribution in [0.4, 0.5) is 8.78 Å². The molecule has 2 atom stereocenters. The van der Waals surface area contributed by atoms with Crippen molar-refractivity contribution in [2.75, 3.05) is 13.2 Å². The quantitative estimate of drug-likeness (QED) is 0.905. The molecular weight excluding hydrogens is 248 g/mol. The van der Waals surface area contributed by atoms with Crippen molar-refractivity contribution in [2.24, 2.45) is 0 Å². The normalized spacial score (nSPS) is 27.5. The second-order valence-electron chi connectivity index (χ2n) is 5.35. The molecule has 1 N–H and O–H groups in total. The van der Waals surface area contributed by atoms with Gasteiger partial charge in [0.15, 0.2) is 11.6 Å². The van der Waals surface area contributed by atoms with Crippen LogP contribution in [0.5, 0.6) is 0 Å². The summed E-state index contributed by atoms with van der Waals surface area (Å²) >= 11 is 0. The monoisotopic (exact) mass is 269 g/mol. The standard InChI is InChI=1S/C15H21F2NO/c1-3-7-18-12-6-8-19-15(2,10-12)11-4-5-13(16)14(17)9-11/h4-5,9,12,18H,3,6-8,10H2,1-2H3. The summed E-state index contributed by atoms with van der Waals surface area (Å²) in [4.78, 5) is 0. The minimum absolute atomic E-state index is 0.367. The van der Waals surface area contributed by atoms with Gasteiger partial charge in [0.2, 0.25) is 0 Å². The zero-order valence-electron chi connectivity index (χ0n) is 11.5. The summed E-state index contributed by atoms with van der Waals surface area (Å²) in [5.74, 6) is -1.63. The maximum atomic E-state index is 13.4. The van der Waals surface area contributed by atoms with E-state index >= 15 is 0 Å². The van der Waals surface area contributed by atoms with Gasteiger partial charge in [-0.1, -0.05) is 13.0 Å². The Kier molecular flexibility index (Phi) is 4.53. The molecule has 19 heavy (non-hydrogen) atoms. The van der Waals surface area contributed by atoms with E-state index in [0.29, 0.717) is 18.2 Å². The molecule has 0 saturated carbocycles. The summed E-state index contributed by atoms with van der Waals surface area (Å²) in [6, 6.07) is 4.40. The van der Waals surface area contributed by atoms with Gasteiger partial charge in [0.1, 0.15) is 0 Å². The zero-order valence-corrected chi connectivity index (χ0v) is 11.5. The Bertz CT molecular complexity index is 438. The Hall–Kier alpha value is -1.00. The molecule has 2 nitrogen and oxygen atoms in total. The average molecular weight is 269 g/mol. The minimum atomic E-state index is -0.816. The maximum Gasteiger partial charge on any atom is 0.159 e. The highest BCUT2D eigenvalue weighted by Crippen LogP contribution is 2.35. The Labute approximate surface area is 113 Å². The predicted molar refractivity (Wildman–Crippen MR) is 71.0 cm³/mol. The summed E-state index contributed by atoms with van der Waals surface area (Å²) in [7, 11) is 0. The van der Waals surface area contributed by atoms with Crippen molar-refractivity contribution in [1.82, 2.24) is 5.32 Å². The second-order valence-corrected chi connectivity index (χ2v) is 5.35. The zero-order chi connectivity index (χ0) is 13.9. The van der Waals surface area contributed by atoms with E-state index in [1.807, 2.05) is 6.92 Å². The fourth-order valence-electron chi connectivity index (χ4n) is 2.61. The lowest BCUT2D eigenvalue weighted by Crippen LogP contribution is -2.44. The molecule has 0 radical (unpaired) electrons.